The van der Waals surface area contributed by atoms with Gasteiger partial charge in [0, 0.05) is 13.0 Å². The number of hydrogen-bond acceptors (Lipinski definition) is 15. The van der Waals surface area contributed by atoms with Crippen molar-refractivity contribution in [3.8, 4) is 0 Å². The summed E-state index contributed by atoms with van der Waals surface area (Å²) < 4.78 is 64.2. The van der Waals surface area contributed by atoms with Crippen LogP contribution < -0.4 is 5.32 Å². The van der Waals surface area contributed by atoms with Crippen molar-refractivity contribution in [3.05, 3.63) is 0 Å². The van der Waals surface area contributed by atoms with Crippen LogP contribution in [0.2, 0.25) is 0 Å². The highest BCUT2D eigenvalue weighted by Gasteiger charge is 2.04. The number of nitrogens with one attached hydrogen (secondary N) is 1. The van der Waals surface area contributed by atoms with E-state index < -0.39 is 18.5 Å². The van der Waals surface area contributed by atoms with Gasteiger partial charge < -0.3 is 67.3 Å². The summed E-state index contributed by atoms with van der Waals surface area (Å²) in [6.45, 7) is 10.8. The molecular weight excluding hydrogens is 702 g/mol. The molecule has 1 amide bonds. The largest absolute Gasteiger partial charge is 0.480 e. The molecule has 0 radical (unpaired) electrons. The Morgan fingerprint density at radius 2 is 0.755 bits per heavy atom. The molecule has 0 aromatic rings. The van der Waals surface area contributed by atoms with Crippen molar-refractivity contribution in [2.75, 3.05) is 159 Å². The second-order valence-corrected chi connectivity index (χ2v) is 11.5. The van der Waals surface area contributed by atoms with Crippen LogP contribution in [0.1, 0.15) is 58.3 Å². The summed E-state index contributed by atoms with van der Waals surface area (Å²) in [6, 6.07) is 0. The number of hydrogen-bond donors (Lipinski definition) is 2. The minimum absolute atomic E-state index is 0.150. The van der Waals surface area contributed by atoms with E-state index in [9.17, 15) is 14.4 Å². The summed E-state index contributed by atoms with van der Waals surface area (Å²) in [5, 5.41) is 11.0. The Morgan fingerprint density at radius 1 is 0.415 bits per heavy atom. The van der Waals surface area contributed by atoms with Crippen molar-refractivity contribution < 1.29 is 76.3 Å². The van der Waals surface area contributed by atoms with Crippen LogP contribution in [-0.4, -0.2) is 181 Å². The molecule has 0 aliphatic carbocycles. The maximum atomic E-state index is 11.7. The van der Waals surface area contributed by atoms with Gasteiger partial charge >= 0.3 is 11.9 Å². The number of carboxylic acid groups (broad SMARTS) is 1. The zero-order valence-corrected chi connectivity index (χ0v) is 32.2. The molecule has 17 heteroatoms. The predicted molar refractivity (Wildman–Crippen MR) is 193 cm³/mol. The highest BCUT2D eigenvalue weighted by molar-refractivity contribution is 5.77. The van der Waals surface area contributed by atoms with E-state index in [0.29, 0.717) is 145 Å². The fraction of sp³-hybridized carbons (Fsp3) is 0.917. The molecule has 0 saturated heterocycles. The Labute approximate surface area is 316 Å². The van der Waals surface area contributed by atoms with Crippen molar-refractivity contribution in [2.45, 2.75) is 58.3 Å². The molecule has 53 heavy (non-hydrogen) atoms. The minimum Gasteiger partial charge on any atom is -0.480 e. The van der Waals surface area contributed by atoms with Gasteiger partial charge in [0.05, 0.1) is 132 Å². The lowest BCUT2D eigenvalue weighted by molar-refractivity contribution is -0.146. The molecule has 314 valence electrons. The molecule has 0 saturated carbocycles. The van der Waals surface area contributed by atoms with Crippen LogP contribution in [0, 0.1) is 0 Å². The average Bonchev–Trinajstić information content (AvgIpc) is 3.14. The lowest BCUT2D eigenvalue weighted by Crippen LogP contribution is -2.31. The zero-order chi connectivity index (χ0) is 38.6. The van der Waals surface area contributed by atoms with E-state index in [0.717, 1.165) is 12.8 Å². The van der Waals surface area contributed by atoms with Gasteiger partial charge in [-0.1, -0.05) is 45.4 Å². The number of aliphatic carboxylic acids is 1. The van der Waals surface area contributed by atoms with E-state index in [1.807, 2.05) is 0 Å². The summed E-state index contributed by atoms with van der Waals surface area (Å²) >= 11 is 0. The van der Waals surface area contributed by atoms with Crippen molar-refractivity contribution in [3.63, 3.8) is 0 Å². The van der Waals surface area contributed by atoms with Crippen molar-refractivity contribution in [2.24, 2.45) is 0 Å². The van der Waals surface area contributed by atoms with Gasteiger partial charge in [-0.2, -0.15) is 0 Å². The lowest BCUT2D eigenvalue weighted by atomic mass is 10.1. The van der Waals surface area contributed by atoms with Gasteiger partial charge in [-0.3, -0.25) is 9.59 Å². The third-order valence-corrected chi connectivity index (χ3v) is 6.85. The van der Waals surface area contributed by atoms with Crippen molar-refractivity contribution in [1.29, 1.82) is 0 Å². The maximum absolute atomic E-state index is 11.7. The third kappa shape index (κ3) is 46.1. The SMILES string of the molecule is CCCCCCCCCC(=O)OCCOCCOCCOCCOCCOCCOCCOCCOCCOCCOCCNC(=O)COCC(=O)O. The van der Waals surface area contributed by atoms with Crippen LogP contribution in [0.25, 0.3) is 0 Å². The lowest BCUT2D eigenvalue weighted by Gasteiger charge is -2.09. The number of rotatable bonds is 45. The van der Waals surface area contributed by atoms with E-state index in [1.165, 1.54) is 32.1 Å². The zero-order valence-electron chi connectivity index (χ0n) is 32.2. The van der Waals surface area contributed by atoms with Crippen LogP contribution in [0.4, 0.5) is 0 Å². The molecule has 0 aliphatic rings. The van der Waals surface area contributed by atoms with E-state index in [-0.39, 0.29) is 19.2 Å². The number of carbonyl (C=O) groups excluding carboxylic acids is 2. The molecule has 0 aromatic heterocycles. The minimum atomic E-state index is -1.13. The molecule has 0 aromatic carbocycles. The fourth-order valence-corrected chi connectivity index (χ4v) is 4.14. The molecule has 0 spiro atoms. The molecule has 0 fully saturated rings. The maximum Gasteiger partial charge on any atom is 0.329 e. The normalized spacial score (nSPS) is 11.3. The van der Waals surface area contributed by atoms with E-state index in [2.05, 4.69) is 17.0 Å². The highest BCUT2D eigenvalue weighted by atomic mass is 16.6. The number of amides is 1. The molecule has 0 atom stereocenters. The first-order valence-corrected chi connectivity index (χ1v) is 19.1. The van der Waals surface area contributed by atoms with E-state index in [1.54, 1.807) is 0 Å². The summed E-state index contributed by atoms with van der Waals surface area (Å²) in [6.07, 6.45) is 8.73. The van der Waals surface area contributed by atoms with E-state index >= 15 is 0 Å². The number of unbranched alkanes of at least 4 members (excludes halogenated alkanes) is 6. The molecular formula is C36H69NO16. The van der Waals surface area contributed by atoms with Crippen molar-refractivity contribution in [1.82, 2.24) is 5.32 Å². The van der Waals surface area contributed by atoms with Gasteiger partial charge in [-0.15, -0.1) is 0 Å². The van der Waals surface area contributed by atoms with Gasteiger partial charge in [-0.05, 0) is 6.42 Å². The number of carboxylic acids is 1. The van der Waals surface area contributed by atoms with Crippen LogP contribution >= 0.6 is 0 Å². The first kappa shape index (κ1) is 51.0. The van der Waals surface area contributed by atoms with Crippen molar-refractivity contribution >= 4 is 17.8 Å². The number of ether oxygens (including phenoxy) is 12. The first-order valence-electron chi connectivity index (χ1n) is 19.1. The first-order chi connectivity index (χ1) is 26.1. The van der Waals surface area contributed by atoms with Crippen LogP contribution in [0.3, 0.4) is 0 Å². The third-order valence-electron chi connectivity index (χ3n) is 6.85. The summed E-state index contributed by atoms with van der Waals surface area (Å²) in [5.74, 6) is -1.68. The molecule has 17 nitrogen and oxygen atoms in total. The van der Waals surface area contributed by atoms with E-state index in [4.69, 9.17) is 57.2 Å². The Balaban J connectivity index is 3.13. The smallest absolute Gasteiger partial charge is 0.329 e. The van der Waals surface area contributed by atoms with Gasteiger partial charge in [0.1, 0.15) is 19.8 Å². The standard InChI is InChI=1S/C36H69NO16/c1-2-3-4-5-6-7-8-9-36(41)53-31-30-51-29-28-50-27-26-49-25-24-48-23-22-47-21-20-46-19-18-45-17-16-44-15-14-43-13-12-42-11-10-37-34(38)32-52-33-35(39)40/h2-33H2,1H3,(H,37,38)(H,39,40). The molecule has 2 N–H and O–H groups in total. The summed E-state index contributed by atoms with van der Waals surface area (Å²) in [5.41, 5.74) is 0. The van der Waals surface area contributed by atoms with Crippen LogP contribution in [0.5, 0.6) is 0 Å². The Hall–Kier alpha value is -2.03. The Kier molecular flexibility index (Phi) is 42.7. The predicted octanol–water partition coefficient (Wildman–Crippen LogP) is 2.05. The molecule has 0 bridgehead atoms. The molecule has 0 rings (SSSR count). The molecule has 0 aliphatic heterocycles. The summed E-state index contributed by atoms with van der Waals surface area (Å²) in [4.78, 5) is 33.4. The average molecular weight is 772 g/mol. The molecule has 0 heterocycles. The topological polar surface area (TPSA) is 194 Å². The Morgan fingerprint density at radius 3 is 1.13 bits per heavy atom. The fourth-order valence-electron chi connectivity index (χ4n) is 4.14. The van der Waals surface area contributed by atoms with Crippen LogP contribution in [-0.2, 0) is 71.2 Å². The van der Waals surface area contributed by atoms with Gasteiger partial charge in [0.25, 0.3) is 0 Å². The highest BCUT2D eigenvalue weighted by Crippen LogP contribution is 2.08. The van der Waals surface area contributed by atoms with Gasteiger partial charge in [0.2, 0.25) is 5.91 Å². The van der Waals surface area contributed by atoms with Crippen LogP contribution in [0.15, 0.2) is 0 Å². The monoisotopic (exact) mass is 771 g/mol. The summed E-state index contributed by atoms with van der Waals surface area (Å²) in [7, 11) is 0. The quantitative estimate of drug-likeness (QED) is 0.0674. The second kappa shape index (κ2) is 44.4. The van der Waals surface area contributed by atoms with Gasteiger partial charge in [-0.25, -0.2) is 4.79 Å². The Bertz CT molecular complexity index is 795. The molecule has 0 unspecified atom stereocenters. The van der Waals surface area contributed by atoms with Gasteiger partial charge in [0.15, 0.2) is 0 Å². The number of esters is 1. The second-order valence-electron chi connectivity index (χ2n) is 11.5. The number of carbonyl (C=O) groups is 3.